The van der Waals surface area contributed by atoms with Gasteiger partial charge in [0.1, 0.15) is 23.5 Å². The monoisotopic (exact) mass is 817 g/mol. The summed E-state index contributed by atoms with van der Waals surface area (Å²) in [7, 11) is 4.61. The number of allylic oxidation sites excluding steroid dienone is 4. The van der Waals surface area contributed by atoms with E-state index in [0.717, 1.165) is 5.57 Å². The highest BCUT2D eigenvalue weighted by atomic mass is 16.7. The van der Waals surface area contributed by atoms with Gasteiger partial charge in [-0.15, -0.1) is 6.58 Å². The molecular formula is C45H71NO12. The second-order valence-corrected chi connectivity index (χ2v) is 17.9. The number of amides is 1. The van der Waals surface area contributed by atoms with Crippen molar-refractivity contribution in [1.29, 1.82) is 0 Å². The minimum absolute atomic E-state index is 0.00521. The molecule has 2 bridgehead atoms. The summed E-state index contributed by atoms with van der Waals surface area (Å²) >= 11 is 0. The van der Waals surface area contributed by atoms with Gasteiger partial charge in [0.05, 0.1) is 30.5 Å². The fourth-order valence-electron chi connectivity index (χ4n) is 9.69. The number of ether oxygens (including phenoxy) is 5. The van der Waals surface area contributed by atoms with Gasteiger partial charge in [-0.05, 0) is 102 Å². The minimum atomic E-state index is -2.53. The van der Waals surface area contributed by atoms with Gasteiger partial charge in [0.2, 0.25) is 5.79 Å². The molecule has 1 aliphatic carbocycles. The van der Waals surface area contributed by atoms with Crippen LogP contribution in [0, 0.1) is 29.6 Å². The number of piperidine rings is 1. The van der Waals surface area contributed by atoms with Crippen LogP contribution in [0.2, 0.25) is 0 Å². The van der Waals surface area contributed by atoms with Gasteiger partial charge in [-0.3, -0.25) is 14.4 Å². The van der Waals surface area contributed by atoms with Crippen molar-refractivity contribution < 1.29 is 58.2 Å². The lowest BCUT2D eigenvalue weighted by Crippen LogP contribution is -2.66. The zero-order valence-corrected chi connectivity index (χ0v) is 36.3. The normalized spacial score (nSPS) is 41.8. The predicted molar refractivity (Wildman–Crippen MR) is 217 cm³/mol. The smallest absolute Gasteiger partial charge is 0.332 e. The number of nitrogens with zero attached hydrogens (tertiary/aromatic N) is 1. The molecule has 0 aromatic carbocycles. The summed E-state index contributed by atoms with van der Waals surface area (Å²) in [6.45, 7) is 14.7. The lowest BCUT2D eigenvalue weighted by molar-refractivity contribution is -0.302. The molecule has 4 aliphatic rings. The van der Waals surface area contributed by atoms with Crippen LogP contribution >= 0.6 is 0 Å². The molecule has 0 aromatic rings. The lowest BCUT2D eigenvalue weighted by Gasteiger charge is -2.48. The molecule has 1 unspecified atom stereocenters. The first-order valence-electron chi connectivity index (χ1n) is 21.3. The maximum atomic E-state index is 14.6. The highest BCUT2D eigenvalue weighted by Gasteiger charge is 2.58. The molecule has 1 saturated carbocycles. The first kappa shape index (κ1) is 47.9. The quantitative estimate of drug-likeness (QED) is 0.178. The van der Waals surface area contributed by atoms with Gasteiger partial charge in [-0.1, -0.05) is 44.6 Å². The molecule has 13 heteroatoms. The maximum absolute atomic E-state index is 14.6. The number of hydrogen-bond acceptors (Lipinski definition) is 12. The fraction of sp³-hybridized carbons (Fsp3) is 0.778. The molecule has 3 fully saturated rings. The number of esters is 1. The summed E-state index contributed by atoms with van der Waals surface area (Å²) in [4.78, 5) is 58.6. The number of hydrogen-bond donors (Lipinski definition) is 3. The molecule has 4 rings (SSSR count). The number of aliphatic hydroxyl groups is 3. The lowest BCUT2D eigenvalue weighted by atomic mass is 9.81. The standard InChI is InChI=1S/C45H71NO12/c1-11-14-32-20-26(2)19-27(3)21-37(55-9)40-38(56-10)23-29(5)45(53,58-40)41(50)42(51)46-18-13-12-17-44(46,7)43(52)57-39(30(6)34(48)25-35(32)49)28(4)22-31-15-16-33(47)36(24-31)54-8/h11,20,22,27,29-34,36-40,47-48,53H,1,12-19,21,23-25H2,2-10H3/b26-20+,28-22+/t27-,29+,30+,31-,32+,33+,34-,36+,37-,38-,39+,40+,44?,45+/m0/s1. The third-order valence-electron chi connectivity index (χ3n) is 13.4. The Labute approximate surface area is 345 Å². The van der Waals surface area contributed by atoms with E-state index in [1.165, 1.54) is 19.1 Å². The average Bonchev–Trinajstić information content (AvgIpc) is 3.19. The van der Waals surface area contributed by atoms with Crippen LogP contribution in [0.4, 0.5) is 0 Å². The van der Waals surface area contributed by atoms with Gasteiger partial charge in [0.25, 0.3) is 11.7 Å². The van der Waals surface area contributed by atoms with Crippen molar-refractivity contribution in [3.8, 4) is 0 Å². The molecule has 3 N–H and O–H groups in total. The molecular weight excluding hydrogens is 746 g/mol. The van der Waals surface area contributed by atoms with E-state index in [1.54, 1.807) is 34.0 Å². The summed E-state index contributed by atoms with van der Waals surface area (Å²) in [5, 5.41) is 34.3. The van der Waals surface area contributed by atoms with Crippen LogP contribution in [0.5, 0.6) is 0 Å². The third kappa shape index (κ3) is 10.7. The van der Waals surface area contributed by atoms with Crippen molar-refractivity contribution in [2.75, 3.05) is 27.9 Å². The minimum Gasteiger partial charge on any atom is -0.456 e. The third-order valence-corrected chi connectivity index (χ3v) is 13.4. The average molecular weight is 818 g/mol. The van der Waals surface area contributed by atoms with Gasteiger partial charge < -0.3 is 43.9 Å². The summed E-state index contributed by atoms with van der Waals surface area (Å²) in [6, 6.07) is 0. The second kappa shape index (κ2) is 20.7. The van der Waals surface area contributed by atoms with Crippen LogP contribution in [0.15, 0.2) is 36.0 Å². The summed E-state index contributed by atoms with van der Waals surface area (Å²) < 4.78 is 29.9. The van der Waals surface area contributed by atoms with E-state index in [1.807, 2.05) is 32.9 Å². The Morgan fingerprint density at radius 2 is 1.60 bits per heavy atom. The number of methoxy groups -OCH3 is 3. The van der Waals surface area contributed by atoms with Crippen molar-refractivity contribution in [2.45, 2.75) is 166 Å². The Kier molecular flexibility index (Phi) is 17.1. The number of rotatable bonds is 7. The van der Waals surface area contributed by atoms with Gasteiger partial charge in [-0.2, -0.15) is 0 Å². The highest BCUT2D eigenvalue weighted by molar-refractivity contribution is 6.39. The van der Waals surface area contributed by atoms with Gasteiger partial charge >= 0.3 is 5.97 Å². The number of carbonyl (C=O) groups excluding carboxylic acids is 4. The molecule has 0 aromatic heterocycles. The van der Waals surface area contributed by atoms with E-state index >= 15 is 0 Å². The van der Waals surface area contributed by atoms with E-state index in [2.05, 4.69) is 6.58 Å². The molecule has 328 valence electrons. The van der Waals surface area contributed by atoms with E-state index in [4.69, 9.17) is 23.7 Å². The van der Waals surface area contributed by atoms with Crippen LogP contribution < -0.4 is 0 Å². The molecule has 3 heterocycles. The van der Waals surface area contributed by atoms with Crippen molar-refractivity contribution in [2.24, 2.45) is 29.6 Å². The Bertz CT molecular complexity index is 1530. The largest absolute Gasteiger partial charge is 0.456 e. The molecule has 3 aliphatic heterocycles. The SMILES string of the molecule is C=CC[C@@H]1/C=C(\C)C[C@H](C)C[C@H](OC)[C@H]2O[C@@](O)(C(=O)C(=O)N3CCCCC3(C)C(=O)O[C@H](/C(C)=C/[C@@H]3CC[C@@H](O)[C@H](OC)C3)[C@H](C)[C@@H](O)CC1=O)[C@H](C)C[C@@H]2OC. The highest BCUT2D eigenvalue weighted by Crippen LogP contribution is 2.40. The first-order chi connectivity index (χ1) is 27.3. The van der Waals surface area contributed by atoms with E-state index in [0.29, 0.717) is 56.9 Å². The van der Waals surface area contributed by atoms with Crippen molar-refractivity contribution in [3.05, 3.63) is 36.0 Å². The van der Waals surface area contributed by atoms with Crippen LogP contribution in [0.1, 0.15) is 112 Å². The van der Waals surface area contributed by atoms with Gasteiger partial charge in [0.15, 0.2) is 0 Å². The molecule has 0 radical (unpaired) electrons. The van der Waals surface area contributed by atoms with Gasteiger partial charge in [0, 0.05) is 52.0 Å². The summed E-state index contributed by atoms with van der Waals surface area (Å²) in [5.74, 6) is -7.86. The summed E-state index contributed by atoms with van der Waals surface area (Å²) in [5.41, 5.74) is -0.00575. The molecule has 58 heavy (non-hydrogen) atoms. The Morgan fingerprint density at radius 1 is 0.948 bits per heavy atom. The maximum Gasteiger partial charge on any atom is 0.332 e. The Balaban J connectivity index is 1.81. The van der Waals surface area contributed by atoms with Crippen LogP contribution in [0.25, 0.3) is 0 Å². The Hall–Kier alpha value is -2.78. The number of aliphatic hydroxyl groups excluding tert-OH is 2. The first-order valence-corrected chi connectivity index (χ1v) is 21.3. The topological polar surface area (TPSA) is 178 Å². The van der Waals surface area contributed by atoms with Crippen LogP contribution in [0.3, 0.4) is 0 Å². The fourth-order valence-corrected chi connectivity index (χ4v) is 9.69. The molecule has 14 atom stereocenters. The van der Waals surface area contributed by atoms with Crippen molar-refractivity contribution in [3.63, 3.8) is 0 Å². The van der Waals surface area contributed by atoms with Crippen LogP contribution in [-0.4, -0.2) is 126 Å². The van der Waals surface area contributed by atoms with E-state index in [9.17, 15) is 34.5 Å². The predicted octanol–water partition coefficient (Wildman–Crippen LogP) is 5.03. The number of carbonyl (C=O) groups is 4. The molecule has 1 amide bonds. The number of cyclic esters (lactones) is 1. The van der Waals surface area contributed by atoms with Crippen molar-refractivity contribution in [1.82, 2.24) is 4.90 Å². The van der Waals surface area contributed by atoms with E-state index in [-0.39, 0.29) is 49.5 Å². The van der Waals surface area contributed by atoms with E-state index < -0.39 is 83.4 Å². The van der Waals surface area contributed by atoms with Crippen molar-refractivity contribution >= 4 is 23.4 Å². The summed E-state index contributed by atoms with van der Waals surface area (Å²) in [6.07, 6.45) is 4.76. The number of Topliss-reactive ketones (excluding diaryl/α,β-unsaturated/α-hetero) is 2. The van der Waals surface area contributed by atoms with Gasteiger partial charge in [-0.25, -0.2) is 4.79 Å². The number of fused-ring (bicyclic) bond motifs is 3. The second-order valence-electron chi connectivity index (χ2n) is 17.9. The zero-order chi connectivity index (χ0) is 43.1. The Morgan fingerprint density at radius 3 is 2.24 bits per heavy atom. The molecule has 13 nitrogen and oxygen atoms in total. The molecule has 0 spiro atoms. The zero-order valence-electron chi connectivity index (χ0n) is 36.3. The molecule has 2 saturated heterocycles. The number of ketones is 2. The van der Waals surface area contributed by atoms with Crippen LogP contribution in [-0.2, 0) is 42.9 Å².